The smallest absolute Gasteiger partial charge is 0.260 e. The fourth-order valence-electron chi connectivity index (χ4n) is 2.27. The molecule has 0 unspecified atom stereocenters. The van der Waals surface area contributed by atoms with Gasteiger partial charge in [0.1, 0.15) is 5.82 Å². The number of amides is 1. The quantitative estimate of drug-likeness (QED) is 0.789. The highest BCUT2D eigenvalue weighted by Crippen LogP contribution is 2.20. The van der Waals surface area contributed by atoms with Gasteiger partial charge in [0.05, 0.1) is 18.3 Å². The van der Waals surface area contributed by atoms with Crippen LogP contribution in [0.15, 0.2) is 36.7 Å². The molecule has 6 nitrogen and oxygen atoms in total. The van der Waals surface area contributed by atoms with Gasteiger partial charge in [0, 0.05) is 30.0 Å². The minimum Gasteiger partial charge on any atom is -0.305 e. The van der Waals surface area contributed by atoms with E-state index >= 15 is 0 Å². The Kier molecular flexibility index (Phi) is 4.35. The van der Waals surface area contributed by atoms with Gasteiger partial charge >= 0.3 is 0 Å². The number of anilines is 1. The van der Waals surface area contributed by atoms with E-state index in [1.54, 1.807) is 34.7 Å². The summed E-state index contributed by atoms with van der Waals surface area (Å²) in [6, 6.07) is 5.99. The summed E-state index contributed by atoms with van der Waals surface area (Å²) in [7, 11) is 1.74. The number of nitrogens with zero attached hydrogens (tertiary/aromatic N) is 4. The average molecular weight is 348 g/mol. The lowest BCUT2D eigenvalue weighted by Crippen LogP contribution is -2.12. The van der Waals surface area contributed by atoms with Gasteiger partial charge in [-0.05, 0) is 24.6 Å². The minimum atomic E-state index is -0.384. The van der Waals surface area contributed by atoms with Crippen molar-refractivity contribution < 1.29 is 9.18 Å². The Balaban J connectivity index is 1.76. The van der Waals surface area contributed by atoms with Crippen molar-refractivity contribution in [3.05, 3.63) is 64.3 Å². The van der Waals surface area contributed by atoms with Crippen molar-refractivity contribution >= 4 is 23.3 Å². The summed E-state index contributed by atoms with van der Waals surface area (Å²) in [4.78, 5) is 12.1. The third-order valence-electron chi connectivity index (χ3n) is 3.53. The molecule has 2 aromatic heterocycles. The van der Waals surface area contributed by atoms with Crippen molar-refractivity contribution in [2.45, 2.75) is 13.5 Å². The SMILES string of the molecule is Cc1cc(NC(=O)c2cnn(C)c2)nn1Cc1ccc(F)cc1Cl. The molecule has 24 heavy (non-hydrogen) atoms. The first kappa shape index (κ1) is 16.2. The third kappa shape index (κ3) is 3.46. The first-order chi connectivity index (χ1) is 11.4. The third-order valence-corrected chi connectivity index (χ3v) is 3.88. The Labute approximate surface area is 142 Å². The number of benzene rings is 1. The van der Waals surface area contributed by atoms with Crippen LogP contribution < -0.4 is 5.32 Å². The van der Waals surface area contributed by atoms with Gasteiger partial charge in [-0.3, -0.25) is 14.2 Å². The maximum atomic E-state index is 13.1. The standard InChI is InChI=1S/C16H15ClFN5O/c1-10-5-15(20-16(24)12-7-19-22(2)8-12)21-23(10)9-11-3-4-13(18)6-14(11)17/h3-8H,9H2,1-2H3,(H,20,21,24). The van der Waals surface area contributed by atoms with E-state index in [1.807, 2.05) is 6.92 Å². The number of aryl methyl sites for hydroxylation is 2. The Morgan fingerprint density at radius 3 is 2.83 bits per heavy atom. The van der Waals surface area contributed by atoms with E-state index in [1.165, 1.54) is 18.3 Å². The normalized spacial score (nSPS) is 10.8. The van der Waals surface area contributed by atoms with Gasteiger partial charge in [-0.15, -0.1) is 0 Å². The Bertz CT molecular complexity index is 902. The van der Waals surface area contributed by atoms with Gasteiger partial charge in [-0.25, -0.2) is 4.39 Å². The van der Waals surface area contributed by atoms with E-state index in [2.05, 4.69) is 15.5 Å². The maximum Gasteiger partial charge on any atom is 0.260 e. The van der Waals surface area contributed by atoms with Crippen molar-refractivity contribution in [2.24, 2.45) is 7.05 Å². The lowest BCUT2D eigenvalue weighted by Gasteiger charge is -2.06. The van der Waals surface area contributed by atoms with E-state index in [0.717, 1.165) is 11.3 Å². The molecular formula is C16H15ClFN5O. The van der Waals surface area contributed by atoms with Crippen LogP contribution in [-0.2, 0) is 13.6 Å². The number of rotatable bonds is 4. The Morgan fingerprint density at radius 2 is 2.17 bits per heavy atom. The van der Waals surface area contributed by atoms with Crippen LogP contribution in [0.5, 0.6) is 0 Å². The van der Waals surface area contributed by atoms with Crippen LogP contribution in [0.2, 0.25) is 5.02 Å². The second-order valence-corrected chi connectivity index (χ2v) is 5.83. The summed E-state index contributed by atoms with van der Waals surface area (Å²) in [6.07, 6.45) is 3.11. The lowest BCUT2D eigenvalue weighted by atomic mass is 10.2. The average Bonchev–Trinajstić information content (AvgIpc) is 3.08. The molecule has 0 bridgehead atoms. The predicted octanol–water partition coefficient (Wildman–Crippen LogP) is 3.02. The molecule has 0 aliphatic heterocycles. The molecule has 0 saturated heterocycles. The van der Waals surface area contributed by atoms with Gasteiger partial charge in [0.2, 0.25) is 0 Å². The van der Waals surface area contributed by atoms with Crippen molar-refractivity contribution in [3.63, 3.8) is 0 Å². The van der Waals surface area contributed by atoms with E-state index in [0.29, 0.717) is 22.9 Å². The molecule has 0 atom stereocenters. The summed E-state index contributed by atoms with van der Waals surface area (Å²) < 4.78 is 16.4. The zero-order chi connectivity index (χ0) is 17.3. The van der Waals surface area contributed by atoms with Crippen molar-refractivity contribution in [1.82, 2.24) is 19.6 Å². The second kappa shape index (κ2) is 6.45. The van der Waals surface area contributed by atoms with E-state index in [4.69, 9.17) is 11.6 Å². The topological polar surface area (TPSA) is 64.7 Å². The molecule has 0 fully saturated rings. The van der Waals surface area contributed by atoms with Gasteiger partial charge in [-0.1, -0.05) is 17.7 Å². The summed E-state index contributed by atoms with van der Waals surface area (Å²) in [5.41, 5.74) is 2.04. The van der Waals surface area contributed by atoms with Crippen molar-refractivity contribution in [1.29, 1.82) is 0 Å². The number of hydrogen-bond donors (Lipinski definition) is 1. The molecule has 1 aromatic carbocycles. The second-order valence-electron chi connectivity index (χ2n) is 5.42. The largest absolute Gasteiger partial charge is 0.305 e. The van der Waals surface area contributed by atoms with Crippen LogP contribution in [0.1, 0.15) is 21.6 Å². The molecule has 8 heteroatoms. The van der Waals surface area contributed by atoms with Gasteiger partial charge in [-0.2, -0.15) is 10.2 Å². The molecule has 124 valence electrons. The highest BCUT2D eigenvalue weighted by atomic mass is 35.5. The van der Waals surface area contributed by atoms with Crippen LogP contribution >= 0.6 is 11.6 Å². The number of carbonyl (C=O) groups is 1. The molecule has 0 saturated carbocycles. The predicted molar refractivity (Wildman–Crippen MR) is 88.6 cm³/mol. The van der Waals surface area contributed by atoms with Crippen LogP contribution in [0, 0.1) is 12.7 Å². The highest BCUT2D eigenvalue weighted by Gasteiger charge is 2.12. The molecule has 3 rings (SSSR count). The van der Waals surface area contributed by atoms with Gasteiger partial charge < -0.3 is 5.32 Å². The summed E-state index contributed by atoms with van der Waals surface area (Å²) >= 11 is 6.05. The van der Waals surface area contributed by atoms with Gasteiger partial charge in [0.15, 0.2) is 5.82 Å². The Morgan fingerprint density at radius 1 is 1.38 bits per heavy atom. The summed E-state index contributed by atoms with van der Waals surface area (Å²) in [6.45, 7) is 2.25. The maximum absolute atomic E-state index is 13.1. The summed E-state index contributed by atoms with van der Waals surface area (Å²) in [5, 5.41) is 11.4. The zero-order valence-corrected chi connectivity index (χ0v) is 13.9. The number of halogens is 2. The molecule has 1 N–H and O–H groups in total. The van der Waals surface area contributed by atoms with Crippen molar-refractivity contribution in [3.8, 4) is 0 Å². The van der Waals surface area contributed by atoms with E-state index < -0.39 is 0 Å². The van der Waals surface area contributed by atoms with Crippen LogP contribution in [-0.4, -0.2) is 25.5 Å². The molecule has 0 aliphatic rings. The van der Waals surface area contributed by atoms with Crippen LogP contribution in [0.4, 0.5) is 10.2 Å². The zero-order valence-electron chi connectivity index (χ0n) is 13.1. The number of carbonyl (C=O) groups excluding carboxylic acids is 1. The van der Waals surface area contributed by atoms with Crippen LogP contribution in [0.3, 0.4) is 0 Å². The van der Waals surface area contributed by atoms with Crippen molar-refractivity contribution in [2.75, 3.05) is 5.32 Å². The molecule has 1 amide bonds. The van der Waals surface area contributed by atoms with E-state index in [-0.39, 0.29) is 11.7 Å². The molecular weight excluding hydrogens is 333 g/mol. The van der Waals surface area contributed by atoms with E-state index in [9.17, 15) is 9.18 Å². The number of hydrogen-bond acceptors (Lipinski definition) is 3. The number of aromatic nitrogens is 4. The Hall–Kier alpha value is -2.67. The fourth-order valence-corrected chi connectivity index (χ4v) is 2.50. The lowest BCUT2D eigenvalue weighted by molar-refractivity contribution is 0.102. The minimum absolute atomic E-state index is 0.285. The highest BCUT2D eigenvalue weighted by molar-refractivity contribution is 6.31. The monoisotopic (exact) mass is 347 g/mol. The molecule has 0 radical (unpaired) electrons. The molecule has 3 aromatic rings. The van der Waals surface area contributed by atoms with Crippen LogP contribution in [0.25, 0.3) is 0 Å². The first-order valence-corrected chi connectivity index (χ1v) is 7.58. The molecule has 2 heterocycles. The first-order valence-electron chi connectivity index (χ1n) is 7.21. The molecule has 0 aliphatic carbocycles. The van der Waals surface area contributed by atoms with Gasteiger partial charge in [0.25, 0.3) is 5.91 Å². The molecule has 0 spiro atoms. The fraction of sp³-hybridized carbons (Fsp3) is 0.188. The number of nitrogens with one attached hydrogen (secondary N) is 1. The summed E-state index contributed by atoms with van der Waals surface area (Å²) in [5.74, 6) is -0.238.